The highest BCUT2D eigenvalue weighted by molar-refractivity contribution is 7.99. The summed E-state index contributed by atoms with van der Waals surface area (Å²) in [6.07, 6.45) is 2.81. The van der Waals surface area contributed by atoms with E-state index in [1.807, 2.05) is 19.1 Å². The van der Waals surface area contributed by atoms with Gasteiger partial charge in [0.15, 0.2) is 17.4 Å². The zero-order valence-electron chi connectivity index (χ0n) is 19.6. The van der Waals surface area contributed by atoms with E-state index in [4.69, 9.17) is 14.5 Å². The molecule has 1 amide bonds. The van der Waals surface area contributed by atoms with Gasteiger partial charge in [0.05, 0.1) is 24.7 Å². The van der Waals surface area contributed by atoms with Crippen LogP contribution in [-0.4, -0.2) is 57.2 Å². The van der Waals surface area contributed by atoms with Crippen molar-refractivity contribution in [3.8, 4) is 11.5 Å². The van der Waals surface area contributed by atoms with Crippen molar-refractivity contribution in [1.82, 2.24) is 25.1 Å². The number of carbonyl (C=O) groups is 1. The molecule has 0 saturated carbocycles. The van der Waals surface area contributed by atoms with Gasteiger partial charge in [-0.15, -0.1) is 0 Å². The normalized spacial score (nSPS) is 11.1. The summed E-state index contributed by atoms with van der Waals surface area (Å²) in [6.45, 7) is 9.66. The molecule has 9 nitrogen and oxygen atoms in total. The smallest absolute Gasteiger partial charge is 0.258 e. The van der Waals surface area contributed by atoms with Crippen molar-refractivity contribution < 1.29 is 14.3 Å². The van der Waals surface area contributed by atoms with Crippen molar-refractivity contribution in [2.45, 2.75) is 51.9 Å². The Kier molecular flexibility index (Phi) is 9.17. The van der Waals surface area contributed by atoms with Crippen molar-refractivity contribution in [2.75, 3.05) is 30.8 Å². The maximum Gasteiger partial charge on any atom is 0.258 e. The second kappa shape index (κ2) is 12.3. The van der Waals surface area contributed by atoms with Crippen LogP contribution in [0.15, 0.2) is 35.6 Å². The minimum Gasteiger partial charge on any atom is -0.494 e. The fraction of sp³-hybridized carbons (Fsp3) is 0.478. The standard InChI is InChI=1S/C23H32N6O3S/c1-5-13-33-23-27-21(26-16(3)4)19-14-25-29(22(19)28-23)12-11-24-20(30)15-32-18-9-7-17(8-10-18)31-6-2/h7-10,14,16H,5-6,11-13,15H2,1-4H3,(H,24,30)(H,26,27,28). The first-order chi connectivity index (χ1) is 16.0. The Hall–Kier alpha value is -3.01. The van der Waals surface area contributed by atoms with Crippen LogP contribution < -0.4 is 20.1 Å². The van der Waals surface area contributed by atoms with Crippen molar-refractivity contribution >= 4 is 34.5 Å². The highest BCUT2D eigenvalue weighted by Crippen LogP contribution is 2.25. The highest BCUT2D eigenvalue weighted by atomic mass is 32.2. The van der Waals surface area contributed by atoms with Crippen LogP contribution in [0.3, 0.4) is 0 Å². The Bertz CT molecular complexity index is 1040. The first-order valence-corrected chi connectivity index (χ1v) is 12.2. The third-order valence-electron chi connectivity index (χ3n) is 4.49. The number of benzene rings is 1. The first-order valence-electron chi connectivity index (χ1n) is 11.2. The van der Waals surface area contributed by atoms with E-state index >= 15 is 0 Å². The molecule has 2 N–H and O–H groups in total. The second-order valence-corrected chi connectivity index (χ2v) is 8.71. The van der Waals surface area contributed by atoms with Crippen LogP contribution in [-0.2, 0) is 11.3 Å². The molecule has 0 fully saturated rings. The molecule has 178 valence electrons. The van der Waals surface area contributed by atoms with Gasteiger partial charge in [-0.05, 0) is 51.5 Å². The lowest BCUT2D eigenvalue weighted by Gasteiger charge is -2.12. The van der Waals surface area contributed by atoms with Crippen molar-refractivity contribution in [1.29, 1.82) is 0 Å². The van der Waals surface area contributed by atoms with Crippen LogP contribution in [0.1, 0.15) is 34.1 Å². The van der Waals surface area contributed by atoms with Crippen LogP contribution in [0.25, 0.3) is 11.0 Å². The van der Waals surface area contributed by atoms with Crippen LogP contribution in [0, 0.1) is 0 Å². The average Bonchev–Trinajstić information content (AvgIpc) is 3.20. The summed E-state index contributed by atoms with van der Waals surface area (Å²) >= 11 is 1.63. The maximum atomic E-state index is 12.2. The molecule has 0 aliphatic heterocycles. The van der Waals surface area contributed by atoms with Gasteiger partial charge in [0.1, 0.15) is 17.3 Å². The number of nitrogens with one attached hydrogen (secondary N) is 2. The van der Waals surface area contributed by atoms with E-state index in [2.05, 4.69) is 41.5 Å². The first kappa shape index (κ1) is 24.6. The van der Waals surface area contributed by atoms with E-state index in [-0.39, 0.29) is 18.6 Å². The molecular formula is C23H32N6O3S. The van der Waals surface area contributed by atoms with Crippen LogP contribution >= 0.6 is 11.8 Å². The van der Waals surface area contributed by atoms with Crippen LogP contribution in [0.2, 0.25) is 0 Å². The zero-order valence-corrected chi connectivity index (χ0v) is 20.4. The quantitative estimate of drug-likeness (QED) is 0.286. The maximum absolute atomic E-state index is 12.2. The van der Waals surface area contributed by atoms with Gasteiger partial charge in [-0.2, -0.15) is 5.10 Å². The van der Waals surface area contributed by atoms with E-state index in [0.717, 1.165) is 39.9 Å². The topological polar surface area (TPSA) is 103 Å². The minimum absolute atomic E-state index is 0.0593. The Morgan fingerprint density at radius 1 is 1.12 bits per heavy atom. The summed E-state index contributed by atoms with van der Waals surface area (Å²) in [7, 11) is 0. The molecule has 10 heteroatoms. The summed E-state index contributed by atoms with van der Waals surface area (Å²) < 4.78 is 12.7. The SMILES string of the molecule is CCCSc1nc(NC(C)C)c2cnn(CCNC(=O)COc3ccc(OCC)cc3)c2n1. The van der Waals surface area contributed by atoms with Gasteiger partial charge in [-0.25, -0.2) is 14.6 Å². The molecular weight excluding hydrogens is 440 g/mol. The van der Waals surface area contributed by atoms with Gasteiger partial charge < -0.3 is 20.1 Å². The Balaban J connectivity index is 1.57. The van der Waals surface area contributed by atoms with E-state index in [9.17, 15) is 4.79 Å². The lowest BCUT2D eigenvalue weighted by molar-refractivity contribution is -0.123. The molecule has 3 aromatic rings. The van der Waals surface area contributed by atoms with Crippen molar-refractivity contribution in [2.24, 2.45) is 0 Å². The molecule has 33 heavy (non-hydrogen) atoms. The lowest BCUT2D eigenvalue weighted by atomic mass is 10.3. The van der Waals surface area contributed by atoms with Gasteiger partial charge in [0, 0.05) is 18.3 Å². The predicted octanol–water partition coefficient (Wildman–Crippen LogP) is 3.74. The number of anilines is 1. The fourth-order valence-corrected chi connectivity index (χ4v) is 3.73. The number of amides is 1. The Labute approximate surface area is 198 Å². The van der Waals surface area contributed by atoms with E-state index in [0.29, 0.717) is 25.4 Å². The molecule has 3 rings (SSSR count). The van der Waals surface area contributed by atoms with Gasteiger partial charge in [-0.1, -0.05) is 18.7 Å². The summed E-state index contributed by atoms with van der Waals surface area (Å²) in [5.74, 6) is 2.92. The molecule has 0 aliphatic rings. The van der Waals surface area contributed by atoms with Gasteiger partial charge in [0.25, 0.3) is 5.91 Å². The number of aromatic nitrogens is 4. The summed E-state index contributed by atoms with van der Waals surface area (Å²) in [5, 5.41) is 12.3. The number of carbonyl (C=O) groups excluding carboxylic acids is 1. The minimum atomic E-state index is -0.198. The van der Waals surface area contributed by atoms with Gasteiger partial charge in [0.2, 0.25) is 0 Å². The summed E-state index contributed by atoms with van der Waals surface area (Å²) in [6, 6.07) is 7.44. The van der Waals surface area contributed by atoms with E-state index in [1.165, 1.54) is 0 Å². The van der Waals surface area contributed by atoms with E-state index < -0.39 is 0 Å². The van der Waals surface area contributed by atoms with Crippen molar-refractivity contribution in [3.05, 3.63) is 30.5 Å². The molecule has 0 unspecified atom stereocenters. The molecule has 0 atom stereocenters. The van der Waals surface area contributed by atoms with Gasteiger partial charge in [-0.3, -0.25) is 4.79 Å². The molecule has 0 aliphatic carbocycles. The molecule has 2 aromatic heterocycles. The number of fused-ring (bicyclic) bond motifs is 1. The largest absolute Gasteiger partial charge is 0.494 e. The number of ether oxygens (including phenoxy) is 2. The van der Waals surface area contributed by atoms with E-state index in [1.54, 1.807) is 34.8 Å². The Morgan fingerprint density at radius 3 is 2.52 bits per heavy atom. The third-order valence-corrected chi connectivity index (χ3v) is 5.54. The number of nitrogens with zero attached hydrogens (tertiary/aromatic N) is 4. The highest BCUT2D eigenvalue weighted by Gasteiger charge is 2.14. The lowest BCUT2D eigenvalue weighted by Crippen LogP contribution is -2.31. The molecule has 0 spiro atoms. The predicted molar refractivity (Wildman–Crippen MR) is 131 cm³/mol. The second-order valence-electron chi connectivity index (χ2n) is 7.65. The average molecular weight is 473 g/mol. The summed E-state index contributed by atoms with van der Waals surface area (Å²) in [5.41, 5.74) is 0.756. The zero-order chi connectivity index (χ0) is 23.6. The number of hydrogen-bond donors (Lipinski definition) is 2. The molecule has 0 bridgehead atoms. The third kappa shape index (κ3) is 7.24. The summed E-state index contributed by atoms with van der Waals surface area (Å²) in [4.78, 5) is 21.6. The Morgan fingerprint density at radius 2 is 1.85 bits per heavy atom. The fourth-order valence-electron chi connectivity index (χ4n) is 3.04. The molecule has 0 saturated heterocycles. The number of rotatable bonds is 13. The number of thioether (sulfide) groups is 1. The van der Waals surface area contributed by atoms with Crippen LogP contribution in [0.4, 0.5) is 5.82 Å². The molecule has 0 radical (unpaired) electrons. The van der Waals surface area contributed by atoms with Gasteiger partial charge >= 0.3 is 0 Å². The monoisotopic (exact) mass is 472 g/mol. The number of hydrogen-bond acceptors (Lipinski definition) is 8. The van der Waals surface area contributed by atoms with Crippen molar-refractivity contribution in [3.63, 3.8) is 0 Å². The molecule has 2 heterocycles. The van der Waals surface area contributed by atoms with Crippen LogP contribution in [0.5, 0.6) is 11.5 Å². The molecule has 1 aromatic carbocycles.